The molecule has 0 amide bonds. The molecule has 3 nitrogen and oxygen atoms in total. The van der Waals surface area contributed by atoms with Gasteiger partial charge < -0.3 is 10.1 Å². The molecule has 1 heterocycles. The van der Waals surface area contributed by atoms with Crippen molar-refractivity contribution in [1.82, 2.24) is 4.98 Å². The van der Waals surface area contributed by atoms with Gasteiger partial charge in [-0.25, -0.2) is 4.79 Å². The summed E-state index contributed by atoms with van der Waals surface area (Å²) in [7, 11) is 0. The molecule has 0 unspecified atom stereocenters. The quantitative estimate of drug-likeness (QED) is 0.818. The number of H-pyrrole nitrogens is 1. The van der Waals surface area contributed by atoms with Crippen LogP contribution in [-0.2, 0) is 4.79 Å². The predicted octanol–water partition coefficient (Wildman–Crippen LogP) is 4.17. The van der Waals surface area contributed by atoms with Gasteiger partial charge in [-0.1, -0.05) is 32.0 Å². The number of carbonyl (C=O) groups is 1. The summed E-state index contributed by atoms with van der Waals surface area (Å²) in [6.45, 7) is 4.34. The van der Waals surface area contributed by atoms with Gasteiger partial charge >= 0.3 is 5.97 Å². The molecule has 1 aromatic carbocycles. The molecule has 0 spiro atoms. The molecule has 0 aliphatic heterocycles. The molecule has 1 aromatic heterocycles. The Bertz CT molecular complexity index is 690. The van der Waals surface area contributed by atoms with Crippen molar-refractivity contribution in [2.45, 2.75) is 32.6 Å². The number of aromatic nitrogens is 1. The summed E-state index contributed by atoms with van der Waals surface area (Å²) in [4.78, 5) is 14.4. The summed E-state index contributed by atoms with van der Waals surface area (Å²) in [6, 6.07) is 6.26. The highest BCUT2D eigenvalue weighted by Crippen LogP contribution is 2.44. The van der Waals surface area contributed by atoms with Crippen molar-refractivity contribution in [3.63, 3.8) is 0 Å². The van der Waals surface area contributed by atoms with Crippen molar-refractivity contribution < 1.29 is 9.90 Å². The van der Waals surface area contributed by atoms with Crippen molar-refractivity contribution in [3.05, 3.63) is 41.6 Å². The van der Waals surface area contributed by atoms with E-state index in [1.807, 2.05) is 6.20 Å². The smallest absolute Gasteiger partial charge is 0.328 e. The molecule has 20 heavy (non-hydrogen) atoms. The van der Waals surface area contributed by atoms with Gasteiger partial charge in [-0.05, 0) is 35.8 Å². The normalized spacial score (nSPS) is 16.1. The second-order valence-corrected chi connectivity index (χ2v) is 5.84. The van der Waals surface area contributed by atoms with Crippen LogP contribution in [0.25, 0.3) is 16.5 Å². The topological polar surface area (TPSA) is 53.1 Å². The van der Waals surface area contributed by atoms with Crippen molar-refractivity contribution in [3.8, 4) is 0 Å². The Hall–Kier alpha value is -2.03. The lowest BCUT2D eigenvalue weighted by Gasteiger charge is -2.08. The van der Waals surface area contributed by atoms with Crippen LogP contribution in [0.5, 0.6) is 0 Å². The molecule has 0 saturated heterocycles. The fourth-order valence-corrected chi connectivity index (χ4v) is 2.84. The summed E-state index contributed by atoms with van der Waals surface area (Å²) in [6.07, 6.45) is 5.53. The number of hydrogen-bond donors (Lipinski definition) is 2. The lowest BCUT2D eigenvalue weighted by atomic mass is 9.96. The monoisotopic (exact) mass is 269 g/mol. The van der Waals surface area contributed by atoms with Gasteiger partial charge in [0.2, 0.25) is 0 Å². The highest BCUT2D eigenvalue weighted by Gasteiger charge is 2.29. The SMILES string of the molecule is CC(C)c1cccc2c(/C(=C/C(=O)O)C3CC3)c[nH]c12. The number of aliphatic carboxylic acids is 1. The maximum atomic E-state index is 11.1. The molecular formula is C17H19NO2. The molecule has 0 radical (unpaired) electrons. The van der Waals surface area contributed by atoms with Gasteiger partial charge in [-0.15, -0.1) is 0 Å². The summed E-state index contributed by atoms with van der Waals surface area (Å²) >= 11 is 0. The number of carboxylic acid groups (broad SMARTS) is 1. The Balaban J connectivity index is 2.17. The minimum absolute atomic E-state index is 0.410. The van der Waals surface area contributed by atoms with E-state index in [9.17, 15) is 4.79 Å². The van der Waals surface area contributed by atoms with E-state index in [-0.39, 0.29) is 0 Å². The molecule has 3 rings (SSSR count). The second-order valence-electron chi connectivity index (χ2n) is 5.84. The van der Waals surface area contributed by atoms with Crippen LogP contribution < -0.4 is 0 Å². The number of hydrogen-bond acceptors (Lipinski definition) is 1. The number of aromatic amines is 1. The van der Waals surface area contributed by atoms with E-state index >= 15 is 0 Å². The minimum Gasteiger partial charge on any atom is -0.478 e. The van der Waals surface area contributed by atoms with Crippen LogP contribution in [0, 0.1) is 5.92 Å². The van der Waals surface area contributed by atoms with Gasteiger partial charge in [-0.2, -0.15) is 0 Å². The van der Waals surface area contributed by atoms with E-state index in [1.54, 1.807) is 0 Å². The molecular weight excluding hydrogens is 250 g/mol. The lowest BCUT2D eigenvalue weighted by molar-refractivity contribution is -0.131. The van der Waals surface area contributed by atoms with Crippen LogP contribution in [0.3, 0.4) is 0 Å². The largest absolute Gasteiger partial charge is 0.478 e. The molecule has 2 aromatic rings. The zero-order valence-electron chi connectivity index (χ0n) is 11.8. The van der Waals surface area contributed by atoms with Crippen molar-refractivity contribution in [2.24, 2.45) is 5.92 Å². The van der Waals surface area contributed by atoms with Crippen LogP contribution in [0.2, 0.25) is 0 Å². The van der Waals surface area contributed by atoms with Gasteiger partial charge in [0.05, 0.1) is 0 Å². The summed E-state index contributed by atoms with van der Waals surface area (Å²) in [5.74, 6) is -0.00732. The second kappa shape index (κ2) is 4.82. The molecule has 104 valence electrons. The first kappa shape index (κ1) is 13.0. The van der Waals surface area contributed by atoms with Crippen LogP contribution in [-0.4, -0.2) is 16.1 Å². The fraction of sp³-hybridized carbons (Fsp3) is 0.353. The summed E-state index contributed by atoms with van der Waals surface area (Å²) < 4.78 is 0. The summed E-state index contributed by atoms with van der Waals surface area (Å²) in [5, 5.41) is 10.2. The van der Waals surface area contributed by atoms with E-state index < -0.39 is 5.97 Å². The fourth-order valence-electron chi connectivity index (χ4n) is 2.84. The Kier molecular flexibility index (Phi) is 3.13. The molecule has 1 fully saturated rings. The van der Waals surface area contributed by atoms with Gasteiger partial charge in [0.15, 0.2) is 0 Å². The molecule has 1 saturated carbocycles. The number of para-hydroxylation sites is 1. The lowest BCUT2D eigenvalue weighted by Crippen LogP contribution is -1.94. The third-order valence-corrected chi connectivity index (χ3v) is 3.98. The number of benzene rings is 1. The number of nitrogens with one attached hydrogen (secondary N) is 1. The van der Waals surface area contributed by atoms with Gasteiger partial charge in [0.25, 0.3) is 0 Å². The van der Waals surface area contributed by atoms with E-state index in [0.29, 0.717) is 11.8 Å². The van der Waals surface area contributed by atoms with E-state index in [0.717, 1.165) is 34.9 Å². The van der Waals surface area contributed by atoms with Crippen LogP contribution in [0.15, 0.2) is 30.5 Å². The maximum Gasteiger partial charge on any atom is 0.328 e. The third kappa shape index (κ3) is 2.24. The van der Waals surface area contributed by atoms with Gasteiger partial charge in [-0.3, -0.25) is 0 Å². The average Bonchev–Trinajstić information content (AvgIpc) is 3.14. The minimum atomic E-state index is -0.860. The number of allylic oxidation sites excluding steroid dienone is 1. The first-order valence-electron chi connectivity index (χ1n) is 7.12. The Morgan fingerprint density at radius 2 is 2.15 bits per heavy atom. The van der Waals surface area contributed by atoms with Crippen molar-refractivity contribution in [1.29, 1.82) is 0 Å². The molecule has 2 N–H and O–H groups in total. The Morgan fingerprint density at radius 1 is 1.40 bits per heavy atom. The number of rotatable bonds is 4. The van der Waals surface area contributed by atoms with Gasteiger partial charge in [0.1, 0.15) is 0 Å². The summed E-state index contributed by atoms with van der Waals surface area (Å²) in [5.41, 5.74) is 4.42. The Labute approximate surface area is 118 Å². The molecule has 1 aliphatic rings. The first-order chi connectivity index (χ1) is 9.58. The van der Waals surface area contributed by atoms with Gasteiger partial charge in [0, 0.05) is 28.7 Å². The highest BCUT2D eigenvalue weighted by atomic mass is 16.4. The molecule has 0 bridgehead atoms. The molecule has 3 heteroatoms. The zero-order valence-corrected chi connectivity index (χ0v) is 11.8. The van der Waals surface area contributed by atoms with Crippen molar-refractivity contribution >= 4 is 22.4 Å². The number of carboxylic acids is 1. The highest BCUT2D eigenvalue weighted by molar-refractivity contribution is 6.00. The van der Waals surface area contributed by atoms with Crippen LogP contribution in [0.1, 0.15) is 43.7 Å². The van der Waals surface area contributed by atoms with E-state index in [1.165, 1.54) is 11.6 Å². The van der Waals surface area contributed by atoms with E-state index in [2.05, 4.69) is 37.0 Å². The predicted molar refractivity (Wildman–Crippen MR) is 80.7 cm³/mol. The molecule has 0 atom stereocenters. The number of fused-ring (bicyclic) bond motifs is 1. The Morgan fingerprint density at radius 3 is 2.75 bits per heavy atom. The van der Waals surface area contributed by atoms with E-state index in [4.69, 9.17) is 5.11 Å². The van der Waals surface area contributed by atoms with Crippen LogP contribution >= 0.6 is 0 Å². The zero-order chi connectivity index (χ0) is 14.3. The average molecular weight is 269 g/mol. The first-order valence-corrected chi connectivity index (χ1v) is 7.12. The van der Waals surface area contributed by atoms with Crippen LogP contribution in [0.4, 0.5) is 0 Å². The van der Waals surface area contributed by atoms with Crippen molar-refractivity contribution in [2.75, 3.05) is 0 Å². The standard InChI is InChI=1S/C17H19NO2/c1-10(2)12-4-3-5-13-15(9-18-17(12)13)14(8-16(19)20)11-6-7-11/h3-5,8-11,18H,6-7H2,1-2H3,(H,19,20)/b14-8+. The third-order valence-electron chi connectivity index (χ3n) is 3.98. The molecule has 1 aliphatic carbocycles. The maximum absolute atomic E-state index is 11.1.